The fourth-order valence-electron chi connectivity index (χ4n) is 2.38. The second-order valence-corrected chi connectivity index (χ2v) is 8.30. The molecule has 2 aromatic carbocycles. The summed E-state index contributed by atoms with van der Waals surface area (Å²) in [6.07, 6.45) is 0.614. The van der Waals surface area contributed by atoms with Gasteiger partial charge >= 0.3 is 0 Å². The molecular weight excluding hydrogens is 408 g/mol. The van der Waals surface area contributed by atoms with Crippen molar-refractivity contribution in [3.63, 3.8) is 0 Å². The fraction of sp³-hybridized carbons (Fsp3) is 0.385. The van der Waals surface area contributed by atoms with E-state index in [0.29, 0.717) is 12.2 Å². The Labute approximate surface area is 191 Å². The molecule has 0 bridgehead atoms. The molecule has 0 radical (unpaired) electrons. The van der Waals surface area contributed by atoms with Crippen LogP contribution in [0.15, 0.2) is 48.6 Å². The molecule has 0 atom stereocenters. The number of carbonyl (C=O) groups is 2. The first-order valence-electron chi connectivity index (χ1n) is 10.5. The van der Waals surface area contributed by atoms with Crippen LogP contribution in [0.4, 0.5) is 0 Å². The molecule has 0 aliphatic rings. The zero-order valence-corrected chi connectivity index (χ0v) is 20.2. The van der Waals surface area contributed by atoms with Gasteiger partial charge in [-0.1, -0.05) is 31.6 Å². The predicted octanol–water partition coefficient (Wildman–Crippen LogP) is 6.44. The summed E-state index contributed by atoms with van der Waals surface area (Å²) in [6.45, 7) is 16.6. The molecule has 0 unspecified atom stereocenters. The van der Waals surface area contributed by atoms with E-state index in [2.05, 4.69) is 6.58 Å². The zero-order valence-electron chi connectivity index (χ0n) is 20.2. The van der Waals surface area contributed by atoms with Crippen molar-refractivity contribution < 1.29 is 29.6 Å². The summed E-state index contributed by atoms with van der Waals surface area (Å²) >= 11 is 0. The second-order valence-electron chi connectivity index (χ2n) is 8.30. The Bertz CT molecular complexity index is 898. The molecule has 0 saturated carbocycles. The Kier molecular flexibility index (Phi) is 11.8. The third kappa shape index (κ3) is 10.2. The molecule has 176 valence electrons. The van der Waals surface area contributed by atoms with E-state index >= 15 is 0 Å². The van der Waals surface area contributed by atoms with E-state index < -0.39 is 5.60 Å². The largest absolute Gasteiger partial charge is 0.507 e. The van der Waals surface area contributed by atoms with Gasteiger partial charge in [0.15, 0.2) is 11.6 Å². The normalized spacial score (nSPS) is 10.1. The van der Waals surface area contributed by atoms with E-state index in [1.165, 1.54) is 29.8 Å². The van der Waals surface area contributed by atoms with Gasteiger partial charge in [-0.05, 0) is 58.9 Å². The molecule has 0 saturated heterocycles. The van der Waals surface area contributed by atoms with Crippen LogP contribution in [0.3, 0.4) is 0 Å². The molecule has 2 aromatic rings. The lowest BCUT2D eigenvalue weighted by Crippen LogP contribution is -2.24. The standard InChI is InChI=1S/C13H18O3.C9H10O3.C4H8/c1-5-9(14)12-10(15)7-6-8-11(12)16-13(2,3)4;1-2-6(10)9-7(11)4-3-5-8(9)12;1-4(2)3/h6-8,15H,5H2,1-4H3;3-5,11-12H,2H2,1H3;1H2,2-3H3. The number of rotatable bonds is 5. The number of Topliss-reactive ketones (excluding diaryl/α,β-unsaturated/α-hetero) is 2. The topological polar surface area (TPSA) is 104 Å². The summed E-state index contributed by atoms with van der Waals surface area (Å²) in [5.41, 5.74) is 1.07. The average Bonchev–Trinajstić information content (AvgIpc) is 2.66. The summed E-state index contributed by atoms with van der Waals surface area (Å²) in [7, 11) is 0. The van der Waals surface area contributed by atoms with Crippen LogP contribution < -0.4 is 4.74 Å². The van der Waals surface area contributed by atoms with Crippen LogP contribution in [0, 0.1) is 0 Å². The molecular formula is C26H36O6. The van der Waals surface area contributed by atoms with Crippen LogP contribution in [-0.2, 0) is 0 Å². The van der Waals surface area contributed by atoms with Crippen molar-refractivity contribution in [1.29, 1.82) is 0 Å². The van der Waals surface area contributed by atoms with Crippen LogP contribution in [0.2, 0.25) is 0 Å². The lowest BCUT2D eigenvalue weighted by Gasteiger charge is -2.23. The van der Waals surface area contributed by atoms with E-state index in [-0.39, 0.29) is 46.4 Å². The first-order chi connectivity index (χ1) is 14.7. The van der Waals surface area contributed by atoms with Gasteiger partial charge in [0.05, 0.1) is 0 Å². The minimum absolute atomic E-state index is 0.0139. The zero-order chi connectivity index (χ0) is 25.1. The Morgan fingerprint density at radius 3 is 1.53 bits per heavy atom. The summed E-state index contributed by atoms with van der Waals surface area (Å²) < 4.78 is 5.66. The van der Waals surface area contributed by atoms with E-state index in [1.54, 1.807) is 26.0 Å². The number of aromatic hydroxyl groups is 3. The van der Waals surface area contributed by atoms with Crippen molar-refractivity contribution in [2.75, 3.05) is 0 Å². The van der Waals surface area contributed by atoms with Gasteiger partial charge in [0.2, 0.25) is 0 Å². The molecule has 0 aliphatic carbocycles. The molecule has 0 fully saturated rings. The van der Waals surface area contributed by atoms with Crippen molar-refractivity contribution in [2.24, 2.45) is 0 Å². The smallest absolute Gasteiger partial charge is 0.170 e. The van der Waals surface area contributed by atoms with Gasteiger partial charge in [-0.3, -0.25) is 9.59 Å². The highest BCUT2D eigenvalue weighted by Gasteiger charge is 2.20. The van der Waals surface area contributed by atoms with Gasteiger partial charge < -0.3 is 20.1 Å². The van der Waals surface area contributed by atoms with Crippen molar-refractivity contribution in [3.8, 4) is 23.0 Å². The highest BCUT2D eigenvalue weighted by atomic mass is 16.5. The van der Waals surface area contributed by atoms with Crippen LogP contribution >= 0.6 is 0 Å². The van der Waals surface area contributed by atoms with Crippen molar-refractivity contribution in [3.05, 3.63) is 59.7 Å². The Morgan fingerprint density at radius 2 is 1.16 bits per heavy atom. The highest BCUT2D eigenvalue weighted by Crippen LogP contribution is 2.31. The van der Waals surface area contributed by atoms with Gasteiger partial charge in [0.25, 0.3) is 0 Å². The molecule has 3 N–H and O–H groups in total. The lowest BCUT2D eigenvalue weighted by atomic mass is 10.1. The number of benzene rings is 2. The Morgan fingerprint density at radius 1 is 0.812 bits per heavy atom. The number of hydrogen-bond acceptors (Lipinski definition) is 6. The molecule has 2 rings (SSSR count). The van der Waals surface area contributed by atoms with Gasteiger partial charge in [0.1, 0.15) is 39.7 Å². The third-order valence-corrected chi connectivity index (χ3v) is 3.64. The van der Waals surface area contributed by atoms with E-state index in [9.17, 15) is 24.9 Å². The quantitative estimate of drug-likeness (QED) is 0.362. The van der Waals surface area contributed by atoms with Crippen molar-refractivity contribution in [1.82, 2.24) is 0 Å². The molecule has 0 spiro atoms. The number of allylic oxidation sites excluding steroid dienone is 1. The number of hydrogen-bond donors (Lipinski definition) is 3. The van der Waals surface area contributed by atoms with Crippen LogP contribution in [0.5, 0.6) is 23.0 Å². The highest BCUT2D eigenvalue weighted by molar-refractivity contribution is 6.01. The summed E-state index contributed by atoms with van der Waals surface area (Å²) in [5.74, 6) is -0.278. The fourth-order valence-corrected chi connectivity index (χ4v) is 2.38. The van der Waals surface area contributed by atoms with E-state index in [0.717, 1.165) is 0 Å². The van der Waals surface area contributed by atoms with E-state index in [1.807, 2.05) is 34.6 Å². The van der Waals surface area contributed by atoms with Gasteiger partial charge in [-0.15, -0.1) is 6.58 Å². The van der Waals surface area contributed by atoms with Crippen LogP contribution in [-0.4, -0.2) is 32.5 Å². The Hall–Kier alpha value is -3.28. The first kappa shape index (κ1) is 28.7. The SMILES string of the molecule is C=C(C)C.CCC(=O)c1c(O)cccc1O.CCC(=O)c1c(O)cccc1OC(C)(C)C. The first-order valence-corrected chi connectivity index (χ1v) is 10.5. The van der Waals surface area contributed by atoms with Crippen molar-refractivity contribution >= 4 is 11.6 Å². The maximum Gasteiger partial charge on any atom is 0.170 e. The lowest BCUT2D eigenvalue weighted by molar-refractivity contribution is 0.0958. The molecule has 6 nitrogen and oxygen atoms in total. The maximum atomic E-state index is 11.7. The number of ether oxygens (including phenoxy) is 1. The third-order valence-electron chi connectivity index (χ3n) is 3.64. The predicted molar refractivity (Wildman–Crippen MR) is 128 cm³/mol. The number of carbonyl (C=O) groups excluding carboxylic acids is 2. The van der Waals surface area contributed by atoms with Crippen LogP contribution in [0.1, 0.15) is 82.0 Å². The van der Waals surface area contributed by atoms with Gasteiger partial charge in [-0.25, -0.2) is 0 Å². The minimum Gasteiger partial charge on any atom is -0.507 e. The molecule has 6 heteroatoms. The Balaban J connectivity index is 0.000000529. The monoisotopic (exact) mass is 444 g/mol. The maximum absolute atomic E-state index is 11.7. The summed E-state index contributed by atoms with van der Waals surface area (Å²) in [4.78, 5) is 22.8. The van der Waals surface area contributed by atoms with E-state index in [4.69, 9.17) is 4.74 Å². The molecule has 0 amide bonds. The average molecular weight is 445 g/mol. The summed E-state index contributed by atoms with van der Waals surface area (Å²) in [6, 6.07) is 9.11. The molecule has 0 aliphatic heterocycles. The second kappa shape index (κ2) is 13.2. The summed E-state index contributed by atoms with van der Waals surface area (Å²) in [5, 5.41) is 28.1. The number of phenols is 3. The van der Waals surface area contributed by atoms with Crippen molar-refractivity contribution in [2.45, 2.75) is 66.9 Å². The number of phenolic OH excluding ortho intramolecular Hbond substituents is 3. The molecule has 0 heterocycles. The molecule has 0 aromatic heterocycles. The van der Waals surface area contributed by atoms with Crippen LogP contribution in [0.25, 0.3) is 0 Å². The minimum atomic E-state index is -0.392. The van der Waals surface area contributed by atoms with Gasteiger partial charge in [0, 0.05) is 12.8 Å². The van der Waals surface area contributed by atoms with Gasteiger partial charge in [-0.2, -0.15) is 0 Å². The number of ketones is 2. The molecule has 32 heavy (non-hydrogen) atoms.